The van der Waals surface area contributed by atoms with E-state index < -0.39 is 16.8 Å². The molecule has 1 amide bonds. The minimum Gasteiger partial charge on any atom is -0.494 e. The van der Waals surface area contributed by atoms with E-state index in [0.29, 0.717) is 18.8 Å². The number of likely N-dealkylation sites (N-methyl/N-ethyl adjacent to an activating group) is 1. The van der Waals surface area contributed by atoms with Crippen LogP contribution < -0.4 is 19.7 Å². The van der Waals surface area contributed by atoms with Crippen molar-refractivity contribution in [3.8, 4) is 11.5 Å². The van der Waals surface area contributed by atoms with Gasteiger partial charge in [0.2, 0.25) is 0 Å². The van der Waals surface area contributed by atoms with E-state index in [9.17, 15) is 19.3 Å². The van der Waals surface area contributed by atoms with Gasteiger partial charge in [-0.2, -0.15) is 0 Å². The molecule has 2 rings (SSSR count). The van der Waals surface area contributed by atoms with Crippen molar-refractivity contribution in [2.24, 2.45) is 0 Å². The van der Waals surface area contributed by atoms with Gasteiger partial charge in [0.15, 0.2) is 17.6 Å². The van der Waals surface area contributed by atoms with E-state index >= 15 is 0 Å². The van der Waals surface area contributed by atoms with Gasteiger partial charge in [-0.05, 0) is 38.1 Å². The van der Waals surface area contributed by atoms with Crippen LogP contribution >= 0.6 is 0 Å². The molecule has 0 bridgehead atoms. The van der Waals surface area contributed by atoms with Crippen LogP contribution in [0, 0.1) is 15.9 Å². The fourth-order valence-corrected chi connectivity index (χ4v) is 2.99. The molecular formula is C20H25FN3O5+. The van der Waals surface area contributed by atoms with Gasteiger partial charge in [0.1, 0.15) is 12.3 Å². The minimum atomic E-state index is -0.534. The molecule has 2 aromatic carbocycles. The van der Waals surface area contributed by atoms with Crippen molar-refractivity contribution in [2.45, 2.75) is 26.4 Å². The van der Waals surface area contributed by atoms with Gasteiger partial charge in [0.25, 0.3) is 11.6 Å². The molecule has 2 atom stereocenters. The van der Waals surface area contributed by atoms with Crippen molar-refractivity contribution in [2.75, 3.05) is 26.1 Å². The van der Waals surface area contributed by atoms with E-state index in [2.05, 4.69) is 5.32 Å². The molecule has 0 heterocycles. The highest BCUT2D eigenvalue weighted by atomic mass is 19.1. The zero-order valence-corrected chi connectivity index (χ0v) is 16.8. The second-order valence-electron chi connectivity index (χ2n) is 6.51. The Morgan fingerprint density at radius 3 is 2.45 bits per heavy atom. The fourth-order valence-electron chi connectivity index (χ4n) is 2.99. The number of non-ortho nitro benzene ring substituents is 1. The van der Waals surface area contributed by atoms with Crippen LogP contribution in [-0.2, 0) is 11.3 Å². The number of halogens is 1. The van der Waals surface area contributed by atoms with Crippen LogP contribution in [0.5, 0.6) is 11.5 Å². The normalized spacial score (nSPS) is 12.7. The van der Waals surface area contributed by atoms with Gasteiger partial charge < -0.3 is 19.7 Å². The Balaban J connectivity index is 2.13. The molecule has 0 radical (unpaired) electrons. The van der Waals surface area contributed by atoms with Gasteiger partial charge in [-0.15, -0.1) is 0 Å². The van der Waals surface area contributed by atoms with Gasteiger partial charge in [0, 0.05) is 11.6 Å². The van der Waals surface area contributed by atoms with Crippen molar-refractivity contribution in [3.63, 3.8) is 0 Å². The number of amides is 1. The quantitative estimate of drug-likeness (QED) is 0.492. The van der Waals surface area contributed by atoms with E-state index in [0.717, 1.165) is 10.5 Å². The van der Waals surface area contributed by atoms with Crippen molar-refractivity contribution in [1.82, 2.24) is 0 Å². The molecule has 29 heavy (non-hydrogen) atoms. The summed E-state index contributed by atoms with van der Waals surface area (Å²) in [6, 6.07) is 8.26. The summed E-state index contributed by atoms with van der Waals surface area (Å²) in [6.45, 7) is 4.79. The topological polar surface area (TPSA) is 95.1 Å². The van der Waals surface area contributed by atoms with Crippen LogP contribution in [0.4, 0.5) is 15.8 Å². The summed E-state index contributed by atoms with van der Waals surface area (Å²) in [5, 5.41) is 13.7. The fraction of sp³-hybridized carbons (Fsp3) is 0.350. The first-order valence-electron chi connectivity index (χ1n) is 9.11. The lowest BCUT2D eigenvalue weighted by Crippen LogP contribution is -3.15. The Kier molecular flexibility index (Phi) is 7.49. The van der Waals surface area contributed by atoms with Crippen molar-refractivity contribution in [3.05, 3.63) is 57.9 Å². The summed E-state index contributed by atoms with van der Waals surface area (Å²) in [4.78, 5) is 24.0. The number of nitrogens with zero attached hydrogens (tertiary/aromatic N) is 1. The van der Waals surface area contributed by atoms with Crippen molar-refractivity contribution in [1.29, 1.82) is 0 Å². The average molecular weight is 406 g/mol. The van der Waals surface area contributed by atoms with Gasteiger partial charge in [0.05, 0.1) is 37.4 Å². The van der Waals surface area contributed by atoms with Crippen LogP contribution in [-0.4, -0.2) is 37.6 Å². The summed E-state index contributed by atoms with van der Waals surface area (Å²) in [5.41, 5.74) is 0.962. The average Bonchev–Trinajstić information content (AvgIpc) is 2.71. The molecule has 8 nitrogen and oxygen atoms in total. The van der Waals surface area contributed by atoms with E-state index in [1.807, 2.05) is 6.92 Å². The summed E-state index contributed by atoms with van der Waals surface area (Å²) in [5.74, 6) is -0.353. The largest absolute Gasteiger partial charge is 0.494 e. The number of hydrogen-bond acceptors (Lipinski definition) is 5. The maximum atomic E-state index is 13.9. The number of benzene rings is 2. The SMILES string of the molecule is CC[NH+](Cc1ccc(OC)c(F)c1)[C@H](C)C(=O)Nc1ccc([N+](=O)[O-])cc1OC. The third-order valence-electron chi connectivity index (χ3n) is 4.76. The van der Waals surface area contributed by atoms with Crippen LogP contribution in [0.15, 0.2) is 36.4 Å². The van der Waals surface area contributed by atoms with Crippen LogP contribution in [0.1, 0.15) is 19.4 Å². The van der Waals surface area contributed by atoms with E-state index in [1.165, 1.54) is 38.5 Å². The van der Waals surface area contributed by atoms with E-state index in [4.69, 9.17) is 9.47 Å². The molecule has 0 fully saturated rings. The lowest BCUT2D eigenvalue weighted by atomic mass is 10.1. The number of hydrogen-bond donors (Lipinski definition) is 2. The molecule has 0 spiro atoms. The Hall–Kier alpha value is -3.20. The Bertz CT molecular complexity index is 890. The summed E-state index contributed by atoms with van der Waals surface area (Å²) in [6.07, 6.45) is 0. The zero-order valence-electron chi connectivity index (χ0n) is 16.8. The molecule has 0 saturated heterocycles. The first-order chi connectivity index (χ1) is 13.8. The highest BCUT2D eigenvalue weighted by Crippen LogP contribution is 2.29. The van der Waals surface area contributed by atoms with Gasteiger partial charge in [-0.25, -0.2) is 4.39 Å². The maximum absolute atomic E-state index is 13.9. The number of nitrogens with one attached hydrogen (secondary N) is 2. The van der Waals surface area contributed by atoms with Crippen LogP contribution in [0.3, 0.4) is 0 Å². The highest BCUT2D eigenvalue weighted by molar-refractivity contribution is 5.95. The Labute approximate surface area is 168 Å². The van der Waals surface area contributed by atoms with Crippen LogP contribution in [0.25, 0.3) is 0 Å². The molecule has 2 aromatic rings. The number of quaternary nitrogens is 1. The molecule has 9 heteroatoms. The third-order valence-corrected chi connectivity index (χ3v) is 4.76. The number of ether oxygens (including phenoxy) is 2. The van der Waals surface area contributed by atoms with Gasteiger partial charge in [-0.3, -0.25) is 14.9 Å². The molecule has 0 aliphatic heterocycles. The molecular weight excluding hydrogens is 381 g/mol. The first kappa shape index (κ1) is 22.1. The number of nitro benzene ring substituents is 1. The molecule has 1 unspecified atom stereocenters. The van der Waals surface area contributed by atoms with Gasteiger partial charge >= 0.3 is 0 Å². The second kappa shape index (κ2) is 9.83. The molecule has 0 aliphatic rings. The molecule has 156 valence electrons. The molecule has 0 saturated carbocycles. The zero-order chi connectivity index (χ0) is 21.6. The summed E-state index contributed by atoms with van der Waals surface area (Å²) in [7, 11) is 2.78. The predicted octanol–water partition coefficient (Wildman–Crippen LogP) is 2.18. The number of methoxy groups -OCH3 is 2. The highest BCUT2D eigenvalue weighted by Gasteiger charge is 2.25. The van der Waals surface area contributed by atoms with Crippen molar-refractivity contribution < 1.29 is 28.5 Å². The monoisotopic (exact) mass is 406 g/mol. The lowest BCUT2D eigenvalue weighted by molar-refractivity contribution is -0.925. The number of nitro groups is 1. The summed E-state index contributed by atoms with van der Waals surface area (Å²) < 4.78 is 24.0. The van der Waals surface area contributed by atoms with E-state index in [1.54, 1.807) is 19.1 Å². The Morgan fingerprint density at radius 1 is 1.21 bits per heavy atom. The smallest absolute Gasteiger partial charge is 0.282 e. The number of anilines is 1. The number of carbonyl (C=O) groups excluding carboxylic acids is 1. The predicted molar refractivity (Wildman–Crippen MR) is 106 cm³/mol. The first-order valence-corrected chi connectivity index (χ1v) is 9.11. The molecule has 2 N–H and O–H groups in total. The van der Waals surface area contributed by atoms with Crippen molar-refractivity contribution >= 4 is 17.3 Å². The second-order valence-corrected chi connectivity index (χ2v) is 6.51. The third kappa shape index (κ3) is 5.41. The maximum Gasteiger partial charge on any atom is 0.282 e. The lowest BCUT2D eigenvalue weighted by Gasteiger charge is -2.24. The Morgan fingerprint density at radius 2 is 1.90 bits per heavy atom. The molecule has 0 aromatic heterocycles. The summed E-state index contributed by atoms with van der Waals surface area (Å²) >= 11 is 0. The standard InChI is InChI=1S/C20H24FN3O5/c1-5-23(12-14-6-9-18(28-3)16(21)10-14)13(2)20(25)22-17-8-7-15(24(26)27)11-19(17)29-4/h6-11,13H,5,12H2,1-4H3,(H,22,25)/p+1/t13-/m1/s1. The van der Waals surface area contributed by atoms with E-state index in [-0.39, 0.29) is 23.1 Å². The van der Waals surface area contributed by atoms with Gasteiger partial charge in [-0.1, -0.05) is 0 Å². The minimum absolute atomic E-state index is 0.129. The molecule has 0 aliphatic carbocycles. The number of rotatable bonds is 9. The number of carbonyl (C=O) groups is 1. The van der Waals surface area contributed by atoms with Crippen LogP contribution in [0.2, 0.25) is 0 Å².